The van der Waals surface area contributed by atoms with Crippen LogP contribution in [0.4, 0.5) is 5.69 Å². The minimum atomic E-state index is -0.102. The van der Waals surface area contributed by atoms with Crippen molar-refractivity contribution in [3.8, 4) is 0 Å². The number of carbonyl (C=O) groups is 2. The normalized spacial score (nSPS) is 23.6. The first-order valence-corrected chi connectivity index (χ1v) is 7.12. The Morgan fingerprint density at radius 3 is 2.95 bits per heavy atom. The Kier molecular flexibility index (Phi) is 3.69. The average molecular weight is 273 g/mol. The highest BCUT2D eigenvalue weighted by Crippen LogP contribution is 2.27. The van der Waals surface area contributed by atoms with Gasteiger partial charge in [-0.3, -0.25) is 9.59 Å². The Morgan fingerprint density at radius 1 is 1.25 bits per heavy atom. The third kappa shape index (κ3) is 2.67. The van der Waals surface area contributed by atoms with Crippen molar-refractivity contribution < 1.29 is 9.59 Å². The van der Waals surface area contributed by atoms with Crippen LogP contribution in [0, 0.1) is 0 Å². The van der Waals surface area contributed by atoms with Gasteiger partial charge in [-0.25, -0.2) is 0 Å². The van der Waals surface area contributed by atoms with Gasteiger partial charge in [0.05, 0.1) is 6.54 Å². The van der Waals surface area contributed by atoms with E-state index in [1.165, 1.54) is 18.4 Å². The lowest BCUT2D eigenvalue weighted by atomic mass is 9.91. The summed E-state index contributed by atoms with van der Waals surface area (Å²) < 4.78 is 0. The highest BCUT2D eigenvalue weighted by Gasteiger charge is 2.25. The second kappa shape index (κ2) is 5.63. The number of piperidine rings is 1. The van der Waals surface area contributed by atoms with Crippen LogP contribution in [0.5, 0.6) is 0 Å². The molecule has 2 heterocycles. The van der Waals surface area contributed by atoms with Crippen molar-refractivity contribution in [2.45, 2.75) is 18.8 Å². The molecule has 3 rings (SSSR count). The molecule has 1 aromatic carbocycles. The molecule has 0 aromatic heterocycles. The van der Waals surface area contributed by atoms with Gasteiger partial charge in [0.2, 0.25) is 11.8 Å². The highest BCUT2D eigenvalue weighted by atomic mass is 16.2. The Bertz CT molecular complexity index is 524. The van der Waals surface area contributed by atoms with Gasteiger partial charge in [0.15, 0.2) is 0 Å². The molecular formula is C15H19N3O2. The van der Waals surface area contributed by atoms with Gasteiger partial charge in [-0.1, -0.05) is 12.1 Å². The molecule has 20 heavy (non-hydrogen) atoms. The Hall–Kier alpha value is -1.88. The predicted molar refractivity (Wildman–Crippen MR) is 76.6 cm³/mol. The molecule has 2 amide bonds. The predicted octanol–water partition coefficient (Wildman–Crippen LogP) is 0.616. The fourth-order valence-corrected chi connectivity index (χ4v) is 2.88. The smallest absolute Gasteiger partial charge is 0.246 e. The van der Waals surface area contributed by atoms with Gasteiger partial charge >= 0.3 is 0 Å². The number of hydrogen-bond acceptors (Lipinski definition) is 3. The molecule has 0 bridgehead atoms. The van der Waals surface area contributed by atoms with Crippen molar-refractivity contribution in [3.05, 3.63) is 29.8 Å². The first kappa shape index (κ1) is 13.1. The van der Waals surface area contributed by atoms with E-state index in [0.29, 0.717) is 5.92 Å². The van der Waals surface area contributed by atoms with Crippen molar-refractivity contribution in [2.75, 3.05) is 31.1 Å². The fourth-order valence-electron chi connectivity index (χ4n) is 2.88. The molecule has 2 aliphatic heterocycles. The van der Waals surface area contributed by atoms with E-state index < -0.39 is 0 Å². The fraction of sp³-hybridized carbons (Fsp3) is 0.467. The molecule has 1 atom stereocenters. The summed E-state index contributed by atoms with van der Waals surface area (Å²) in [5, 5.41) is 5.97. The number of anilines is 1. The van der Waals surface area contributed by atoms with Crippen molar-refractivity contribution >= 4 is 17.5 Å². The molecule has 1 unspecified atom stereocenters. The zero-order valence-corrected chi connectivity index (χ0v) is 11.4. The number of nitrogens with one attached hydrogen (secondary N) is 2. The van der Waals surface area contributed by atoms with Crippen LogP contribution in [0.15, 0.2) is 24.3 Å². The van der Waals surface area contributed by atoms with Crippen LogP contribution in [-0.2, 0) is 9.59 Å². The van der Waals surface area contributed by atoms with E-state index in [0.717, 1.165) is 18.8 Å². The second-order valence-corrected chi connectivity index (χ2v) is 5.39. The van der Waals surface area contributed by atoms with E-state index >= 15 is 0 Å². The van der Waals surface area contributed by atoms with E-state index in [4.69, 9.17) is 0 Å². The third-order valence-corrected chi connectivity index (χ3v) is 3.99. The van der Waals surface area contributed by atoms with Gasteiger partial charge in [-0.2, -0.15) is 0 Å². The SMILES string of the molecule is O=C1CN(c2cccc(C3CCCNC3)c2)C(=O)CN1. The van der Waals surface area contributed by atoms with Gasteiger partial charge in [0.1, 0.15) is 6.54 Å². The molecule has 2 fully saturated rings. The van der Waals surface area contributed by atoms with Gasteiger partial charge in [-0.05, 0) is 43.0 Å². The summed E-state index contributed by atoms with van der Waals surface area (Å²) in [6, 6.07) is 8.03. The molecule has 5 nitrogen and oxygen atoms in total. The van der Waals surface area contributed by atoms with E-state index in [-0.39, 0.29) is 24.9 Å². The van der Waals surface area contributed by atoms with Gasteiger partial charge in [0, 0.05) is 12.2 Å². The summed E-state index contributed by atoms with van der Waals surface area (Å²) in [5.41, 5.74) is 2.07. The maximum atomic E-state index is 11.9. The summed E-state index contributed by atoms with van der Waals surface area (Å²) in [6.45, 7) is 2.28. The van der Waals surface area contributed by atoms with Crippen LogP contribution in [0.25, 0.3) is 0 Å². The number of carbonyl (C=O) groups excluding carboxylic acids is 2. The molecule has 1 aromatic rings. The molecule has 2 saturated heterocycles. The quantitative estimate of drug-likeness (QED) is 0.830. The van der Waals surface area contributed by atoms with Gasteiger partial charge in [-0.15, -0.1) is 0 Å². The van der Waals surface area contributed by atoms with Crippen LogP contribution in [0.1, 0.15) is 24.3 Å². The lowest BCUT2D eigenvalue weighted by Crippen LogP contribution is -2.51. The zero-order chi connectivity index (χ0) is 13.9. The lowest BCUT2D eigenvalue weighted by Gasteiger charge is -2.28. The highest BCUT2D eigenvalue weighted by molar-refractivity contribution is 6.04. The van der Waals surface area contributed by atoms with Crippen LogP contribution in [-0.4, -0.2) is 38.0 Å². The number of rotatable bonds is 2. The van der Waals surface area contributed by atoms with Gasteiger partial charge < -0.3 is 15.5 Å². The van der Waals surface area contributed by atoms with Crippen molar-refractivity contribution in [3.63, 3.8) is 0 Å². The average Bonchev–Trinajstić information content (AvgIpc) is 2.51. The number of nitrogens with zero attached hydrogens (tertiary/aromatic N) is 1. The Morgan fingerprint density at radius 2 is 2.15 bits per heavy atom. The second-order valence-electron chi connectivity index (χ2n) is 5.39. The Labute approximate surface area is 118 Å². The Balaban J connectivity index is 1.82. The largest absolute Gasteiger partial charge is 0.345 e. The first-order chi connectivity index (χ1) is 9.74. The minimum absolute atomic E-state index is 0.0523. The monoisotopic (exact) mass is 273 g/mol. The maximum Gasteiger partial charge on any atom is 0.246 e. The third-order valence-electron chi connectivity index (χ3n) is 3.99. The number of piperazine rings is 1. The summed E-state index contributed by atoms with van der Waals surface area (Å²) >= 11 is 0. The summed E-state index contributed by atoms with van der Waals surface area (Å²) in [6.07, 6.45) is 2.35. The van der Waals surface area contributed by atoms with Crippen molar-refractivity contribution in [1.29, 1.82) is 0 Å². The van der Waals surface area contributed by atoms with Crippen LogP contribution in [0.3, 0.4) is 0 Å². The standard InChI is InChI=1S/C15H19N3O2/c19-14-10-18(15(20)9-17-14)13-5-1-3-11(7-13)12-4-2-6-16-8-12/h1,3,5,7,12,16H,2,4,6,8-10H2,(H,17,19). The van der Waals surface area contributed by atoms with Crippen LogP contribution < -0.4 is 15.5 Å². The van der Waals surface area contributed by atoms with E-state index in [1.54, 1.807) is 4.90 Å². The van der Waals surface area contributed by atoms with E-state index in [9.17, 15) is 9.59 Å². The summed E-state index contributed by atoms with van der Waals surface area (Å²) in [4.78, 5) is 25.0. The van der Waals surface area contributed by atoms with Crippen molar-refractivity contribution in [1.82, 2.24) is 10.6 Å². The molecule has 0 aliphatic carbocycles. The first-order valence-electron chi connectivity index (χ1n) is 7.12. The lowest BCUT2D eigenvalue weighted by molar-refractivity contribution is -0.128. The summed E-state index contributed by atoms with van der Waals surface area (Å²) in [7, 11) is 0. The molecule has 0 saturated carbocycles. The van der Waals surface area contributed by atoms with Gasteiger partial charge in [0.25, 0.3) is 0 Å². The molecular weight excluding hydrogens is 254 g/mol. The number of amides is 2. The van der Waals surface area contributed by atoms with Crippen LogP contribution in [0.2, 0.25) is 0 Å². The van der Waals surface area contributed by atoms with E-state index in [1.807, 2.05) is 18.2 Å². The van der Waals surface area contributed by atoms with Crippen LogP contribution >= 0.6 is 0 Å². The molecule has 2 N–H and O–H groups in total. The molecule has 0 radical (unpaired) electrons. The summed E-state index contributed by atoms with van der Waals surface area (Å²) in [5.74, 6) is 0.343. The number of hydrogen-bond donors (Lipinski definition) is 2. The zero-order valence-electron chi connectivity index (χ0n) is 11.4. The maximum absolute atomic E-state index is 11.9. The number of benzene rings is 1. The van der Waals surface area contributed by atoms with E-state index in [2.05, 4.69) is 16.7 Å². The molecule has 5 heteroatoms. The topological polar surface area (TPSA) is 61.4 Å². The minimum Gasteiger partial charge on any atom is -0.345 e. The molecule has 106 valence electrons. The molecule has 0 spiro atoms. The van der Waals surface area contributed by atoms with Crippen molar-refractivity contribution in [2.24, 2.45) is 0 Å². The molecule has 2 aliphatic rings.